The zero-order valence-corrected chi connectivity index (χ0v) is 19.3. The molecule has 0 spiro atoms. The summed E-state index contributed by atoms with van der Waals surface area (Å²) in [4.78, 5) is 29.3. The number of hydrogen-bond donors (Lipinski definition) is 1. The van der Waals surface area contributed by atoms with E-state index in [-0.39, 0.29) is 5.56 Å². The van der Waals surface area contributed by atoms with E-state index in [0.29, 0.717) is 33.5 Å². The lowest BCUT2D eigenvalue weighted by Gasteiger charge is -2.13. The molecule has 9 heteroatoms. The fourth-order valence-corrected chi connectivity index (χ4v) is 4.72. The number of nitrogens with one attached hydrogen (secondary N) is 1. The van der Waals surface area contributed by atoms with Gasteiger partial charge in [0.25, 0.3) is 5.56 Å². The summed E-state index contributed by atoms with van der Waals surface area (Å²) in [5.41, 5.74) is 4.42. The molecule has 0 radical (unpaired) electrons. The molecule has 0 saturated heterocycles. The summed E-state index contributed by atoms with van der Waals surface area (Å²) in [5, 5.41) is 4.15. The van der Waals surface area contributed by atoms with E-state index < -0.39 is 0 Å². The molecule has 0 atom stereocenters. The summed E-state index contributed by atoms with van der Waals surface area (Å²) in [5.74, 6) is 0.854. The van der Waals surface area contributed by atoms with Gasteiger partial charge < -0.3 is 10.2 Å². The molecular formula is C25H22ClN7O. The Labute approximate surface area is 200 Å². The van der Waals surface area contributed by atoms with E-state index in [0.717, 1.165) is 31.6 Å². The topological polar surface area (TPSA) is 80.4 Å². The standard InChI is InChI=1S/C25H22ClN7O/c1-31-11-8-16-6-7-18(14-17(16)9-12-31)29-24-28-15-19-22(30-24)32-13-10-27-25(32)33(23(19)34)21-5-3-2-4-20(21)26/h2-7,10,13-15H,8-9,11-12H2,1H3,(H,28,29,30). The molecule has 34 heavy (non-hydrogen) atoms. The van der Waals surface area contributed by atoms with Gasteiger partial charge in [0.05, 0.1) is 10.7 Å². The Balaban J connectivity index is 1.43. The number of likely N-dealkylation sites (N-methyl/N-ethyl adjacent to an activating group) is 1. The molecular weight excluding hydrogens is 450 g/mol. The van der Waals surface area contributed by atoms with Crippen LogP contribution in [-0.2, 0) is 12.8 Å². The van der Waals surface area contributed by atoms with Crippen molar-refractivity contribution in [3.63, 3.8) is 0 Å². The number of rotatable bonds is 3. The van der Waals surface area contributed by atoms with Gasteiger partial charge in [-0.05, 0) is 55.3 Å². The van der Waals surface area contributed by atoms with Crippen LogP contribution < -0.4 is 10.9 Å². The first kappa shape index (κ1) is 20.8. The summed E-state index contributed by atoms with van der Waals surface area (Å²) in [6.45, 7) is 2.11. The van der Waals surface area contributed by atoms with E-state index in [4.69, 9.17) is 11.6 Å². The summed E-state index contributed by atoms with van der Waals surface area (Å²) < 4.78 is 3.27. The number of halogens is 1. The molecule has 1 aliphatic heterocycles. The van der Waals surface area contributed by atoms with E-state index in [1.807, 2.05) is 12.1 Å². The molecule has 0 amide bonds. The smallest absolute Gasteiger partial charge is 0.270 e. The van der Waals surface area contributed by atoms with Crippen molar-refractivity contribution in [1.82, 2.24) is 28.8 Å². The lowest BCUT2D eigenvalue weighted by Crippen LogP contribution is -2.22. The van der Waals surface area contributed by atoms with Gasteiger partial charge in [-0.2, -0.15) is 4.98 Å². The zero-order chi connectivity index (χ0) is 23.2. The number of anilines is 2. The molecule has 0 aliphatic carbocycles. The molecule has 8 nitrogen and oxygen atoms in total. The predicted octanol–water partition coefficient (Wildman–Crippen LogP) is 3.86. The average Bonchev–Trinajstić information content (AvgIpc) is 3.25. The Hall–Kier alpha value is -3.75. The SMILES string of the molecule is CN1CCc2ccc(Nc3ncc4c(=O)n(-c5ccccc5Cl)c5nccn5c4n3)cc2CC1. The molecule has 0 fully saturated rings. The second-order valence-corrected chi connectivity index (χ2v) is 8.94. The van der Waals surface area contributed by atoms with Crippen molar-refractivity contribution in [3.05, 3.63) is 87.6 Å². The summed E-state index contributed by atoms with van der Waals surface area (Å²) >= 11 is 6.39. The Bertz CT molecular complexity index is 1610. The van der Waals surface area contributed by atoms with Crippen molar-refractivity contribution < 1.29 is 0 Å². The van der Waals surface area contributed by atoms with E-state index in [9.17, 15) is 4.79 Å². The lowest BCUT2D eigenvalue weighted by molar-refractivity contribution is 0.352. The number of aromatic nitrogens is 5. The van der Waals surface area contributed by atoms with Crippen molar-refractivity contribution >= 4 is 40.0 Å². The minimum absolute atomic E-state index is 0.275. The minimum atomic E-state index is -0.275. The fraction of sp³-hybridized carbons (Fsp3) is 0.200. The van der Waals surface area contributed by atoms with E-state index in [1.165, 1.54) is 15.7 Å². The maximum Gasteiger partial charge on any atom is 0.270 e. The third-order valence-corrected chi connectivity index (χ3v) is 6.65. The largest absolute Gasteiger partial charge is 0.324 e. The molecule has 6 rings (SSSR count). The summed E-state index contributed by atoms with van der Waals surface area (Å²) in [6, 6.07) is 13.6. The summed E-state index contributed by atoms with van der Waals surface area (Å²) in [6.07, 6.45) is 7.03. The van der Waals surface area contributed by atoms with E-state index in [2.05, 4.69) is 50.4 Å². The Morgan fingerprint density at radius 3 is 2.71 bits per heavy atom. The Morgan fingerprint density at radius 2 is 1.85 bits per heavy atom. The molecule has 5 aromatic rings. The highest BCUT2D eigenvalue weighted by atomic mass is 35.5. The van der Waals surface area contributed by atoms with Crippen LogP contribution in [-0.4, -0.2) is 49.0 Å². The maximum absolute atomic E-state index is 13.4. The molecule has 0 saturated carbocycles. The number of para-hydroxylation sites is 1. The molecule has 4 heterocycles. The van der Waals surface area contributed by atoms with Gasteiger partial charge >= 0.3 is 0 Å². The third kappa shape index (κ3) is 3.52. The lowest BCUT2D eigenvalue weighted by atomic mass is 10.0. The van der Waals surface area contributed by atoms with Crippen LogP contribution in [0.3, 0.4) is 0 Å². The number of benzene rings is 2. The zero-order valence-electron chi connectivity index (χ0n) is 18.6. The number of nitrogens with zero attached hydrogens (tertiary/aromatic N) is 6. The quantitative estimate of drug-likeness (QED) is 0.430. The normalized spacial score (nSPS) is 14.3. The number of fused-ring (bicyclic) bond motifs is 4. The first-order valence-electron chi connectivity index (χ1n) is 11.2. The number of imidazole rings is 1. The first-order chi connectivity index (χ1) is 16.6. The predicted molar refractivity (Wildman–Crippen MR) is 134 cm³/mol. The molecule has 1 N–H and O–H groups in total. The van der Waals surface area contributed by atoms with Gasteiger partial charge in [0, 0.05) is 37.4 Å². The van der Waals surface area contributed by atoms with Gasteiger partial charge in [-0.1, -0.05) is 29.8 Å². The second kappa shape index (κ2) is 8.23. The van der Waals surface area contributed by atoms with Crippen molar-refractivity contribution in [3.8, 4) is 5.69 Å². The van der Waals surface area contributed by atoms with Crippen LogP contribution in [0.4, 0.5) is 11.6 Å². The Morgan fingerprint density at radius 1 is 1.03 bits per heavy atom. The van der Waals surface area contributed by atoms with Crippen LogP contribution in [0.25, 0.3) is 22.5 Å². The average molecular weight is 472 g/mol. The summed E-state index contributed by atoms with van der Waals surface area (Å²) in [7, 11) is 2.16. The molecule has 2 aromatic carbocycles. The fourth-order valence-electron chi connectivity index (χ4n) is 4.50. The highest BCUT2D eigenvalue weighted by molar-refractivity contribution is 6.32. The van der Waals surface area contributed by atoms with Crippen LogP contribution in [0.1, 0.15) is 11.1 Å². The maximum atomic E-state index is 13.4. The molecule has 1 aliphatic rings. The van der Waals surface area contributed by atoms with Crippen LogP contribution in [0.15, 0.2) is 65.8 Å². The minimum Gasteiger partial charge on any atom is -0.324 e. The van der Waals surface area contributed by atoms with Gasteiger partial charge in [0.2, 0.25) is 11.7 Å². The van der Waals surface area contributed by atoms with E-state index >= 15 is 0 Å². The molecule has 3 aromatic heterocycles. The van der Waals surface area contributed by atoms with Crippen molar-refractivity contribution in [1.29, 1.82) is 0 Å². The monoisotopic (exact) mass is 471 g/mol. The second-order valence-electron chi connectivity index (χ2n) is 8.53. The highest BCUT2D eigenvalue weighted by Crippen LogP contribution is 2.24. The van der Waals surface area contributed by atoms with Crippen LogP contribution >= 0.6 is 11.6 Å². The van der Waals surface area contributed by atoms with E-state index in [1.54, 1.807) is 35.1 Å². The Kier molecular flexibility index (Phi) is 5.04. The van der Waals surface area contributed by atoms with Gasteiger partial charge in [-0.3, -0.25) is 9.20 Å². The van der Waals surface area contributed by atoms with Crippen LogP contribution in [0.2, 0.25) is 5.02 Å². The molecule has 0 bridgehead atoms. The molecule has 170 valence electrons. The van der Waals surface area contributed by atoms with Crippen molar-refractivity contribution in [2.45, 2.75) is 12.8 Å². The van der Waals surface area contributed by atoms with Gasteiger partial charge in [-0.25, -0.2) is 14.5 Å². The van der Waals surface area contributed by atoms with Crippen molar-refractivity contribution in [2.75, 3.05) is 25.5 Å². The van der Waals surface area contributed by atoms with Crippen LogP contribution in [0, 0.1) is 0 Å². The molecule has 0 unspecified atom stereocenters. The third-order valence-electron chi connectivity index (χ3n) is 6.33. The first-order valence-corrected chi connectivity index (χ1v) is 11.5. The van der Waals surface area contributed by atoms with Gasteiger partial charge in [0.1, 0.15) is 5.39 Å². The van der Waals surface area contributed by atoms with Gasteiger partial charge in [0.15, 0.2) is 5.65 Å². The highest BCUT2D eigenvalue weighted by Gasteiger charge is 2.17. The van der Waals surface area contributed by atoms with Crippen molar-refractivity contribution in [2.24, 2.45) is 0 Å². The van der Waals surface area contributed by atoms with Gasteiger partial charge in [-0.15, -0.1) is 0 Å². The van der Waals surface area contributed by atoms with Crippen LogP contribution in [0.5, 0.6) is 0 Å². The number of hydrogen-bond acceptors (Lipinski definition) is 6.